The molecule has 90 valence electrons. The Kier molecular flexibility index (Phi) is 4.92. The van der Waals surface area contributed by atoms with Gasteiger partial charge in [-0.1, -0.05) is 0 Å². The number of carbonyl (C=O) groups is 1. The molecule has 0 aromatic heterocycles. The number of nitriles is 1. The van der Waals surface area contributed by atoms with Crippen LogP contribution in [-0.2, 0) is 21.8 Å². The fraction of sp³-hybridized carbons (Fsp3) is 0.333. The molecule has 0 radical (unpaired) electrons. The largest absolute Gasteiger partial charge is 0.466 e. The van der Waals surface area contributed by atoms with Crippen molar-refractivity contribution in [1.29, 1.82) is 5.26 Å². The highest BCUT2D eigenvalue weighted by Crippen LogP contribution is 2.18. The number of esters is 1. The van der Waals surface area contributed by atoms with Gasteiger partial charge < -0.3 is 4.74 Å². The van der Waals surface area contributed by atoms with Crippen LogP contribution in [0.25, 0.3) is 0 Å². The second kappa shape index (κ2) is 6.21. The lowest BCUT2D eigenvalue weighted by molar-refractivity contribution is -0.142. The van der Waals surface area contributed by atoms with E-state index in [0.717, 1.165) is 0 Å². The summed E-state index contributed by atoms with van der Waals surface area (Å²) in [7, 11) is 0. The van der Waals surface area contributed by atoms with Crippen molar-refractivity contribution < 1.29 is 13.9 Å². The molecule has 17 heavy (non-hydrogen) atoms. The van der Waals surface area contributed by atoms with Gasteiger partial charge in [0.05, 0.1) is 30.5 Å². The van der Waals surface area contributed by atoms with E-state index in [0.29, 0.717) is 0 Å². The van der Waals surface area contributed by atoms with Crippen molar-refractivity contribution >= 4 is 17.6 Å². The van der Waals surface area contributed by atoms with E-state index < -0.39 is 11.8 Å². The fourth-order valence-electron chi connectivity index (χ4n) is 1.41. The molecule has 1 aromatic rings. The van der Waals surface area contributed by atoms with Crippen LogP contribution in [0.2, 0.25) is 0 Å². The predicted molar refractivity (Wildman–Crippen MR) is 61.0 cm³/mol. The van der Waals surface area contributed by atoms with Crippen LogP contribution in [0.15, 0.2) is 12.1 Å². The Morgan fingerprint density at radius 1 is 1.53 bits per heavy atom. The zero-order valence-electron chi connectivity index (χ0n) is 9.30. The second-order valence-electron chi connectivity index (χ2n) is 3.34. The number of hydrogen-bond acceptors (Lipinski definition) is 3. The van der Waals surface area contributed by atoms with Gasteiger partial charge in [0, 0.05) is 11.1 Å². The fourth-order valence-corrected chi connectivity index (χ4v) is 1.60. The molecule has 0 saturated heterocycles. The van der Waals surface area contributed by atoms with E-state index in [2.05, 4.69) is 0 Å². The van der Waals surface area contributed by atoms with E-state index in [1.54, 1.807) is 6.92 Å². The van der Waals surface area contributed by atoms with E-state index in [9.17, 15) is 9.18 Å². The summed E-state index contributed by atoms with van der Waals surface area (Å²) in [5.74, 6) is -1.12. The molecule has 0 N–H and O–H groups in total. The summed E-state index contributed by atoms with van der Waals surface area (Å²) >= 11 is 5.57. The molecule has 5 heteroatoms. The Balaban J connectivity index is 3.06. The first-order valence-corrected chi connectivity index (χ1v) is 5.58. The van der Waals surface area contributed by atoms with Gasteiger partial charge in [-0.25, -0.2) is 4.39 Å². The van der Waals surface area contributed by atoms with Crippen LogP contribution >= 0.6 is 11.6 Å². The minimum absolute atomic E-state index is 0.0445. The number of carbonyl (C=O) groups excluding carboxylic acids is 1. The van der Waals surface area contributed by atoms with Crippen molar-refractivity contribution in [2.24, 2.45) is 0 Å². The van der Waals surface area contributed by atoms with Crippen LogP contribution in [0.4, 0.5) is 4.39 Å². The minimum atomic E-state index is -0.549. The maximum Gasteiger partial charge on any atom is 0.310 e. The van der Waals surface area contributed by atoms with Gasteiger partial charge in [0.2, 0.25) is 0 Å². The monoisotopic (exact) mass is 255 g/mol. The van der Waals surface area contributed by atoms with Crippen molar-refractivity contribution in [3.05, 3.63) is 34.6 Å². The van der Waals surface area contributed by atoms with Gasteiger partial charge in [-0.05, 0) is 19.1 Å². The Morgan fingerprint density at radius 3 is 2.71 bits per heavy atom. The van der Waals surface area contributed by atoms with Gasteiger partial charge in [0.1, 0.15) is 5.82 Å². The molecule has 1 aromatic carbocycles. The van der Waals surface area contributed by atoms with E-state index in [1.807, 2.05) is 6.07 Å². The molecule has 0 bridgehead atoms. The van der Waals surface area contributed by atoms with Gasteiger partial charge >= 0.3 is 5.97 Å². The number of nitrogens with zero attached hydrogens (tertiary/aromatic N) is 1. The smallest absolute Gasteiger partial charge is 0.310 e. The van der Waals surface area contributed by atoms with E-state index >= 15 is 0 Å². The summed E-state index contributed by atoms with van der Waals surface area (Å²) in [6.07, 6.45) is -0.195. The zero-order valence-corrected chi connectivity index (χ0v) is 10.1. The third-order valence-electron chi connectivity index (χ3n) is 2.14. The Labute approximate surface area is 104 Å². The highest BCUT2D eigenvalue weighted by molar-refractivity contribution is 6.17. The Hall–Kier alpha value is -1.60. The van der Waals surface area contributed by atoms with Crippen molar-refractivity contribution in [1.82, 2.24) is 0 Å². The Morgan fingerprint density at radius 2 is 2.18 bits per heavy atom. The van der Waals surface area contributed by atoms with Crippen LogP contribution in [0, 0.1) is 17.1 Å². The highest BCUT2D eigenvalue weighted by Gasteiger charge is 2.14. The first kappa shape index (κ1) is 13.5. The number of halogens is 2. The standard InChI is InChI=1S/C12H11ClFNO2/c1-2-17-11(16)5-9-3-8(7-15)4-10(6-13)12(9)14/h3-4H,2,5-6H2,1H3. The van der Waals surface area contributed by atoms with Crippen LogP contribution in [0.1, 0.15) is 23.6 Å². The molecule has 1 rings (SSSR count). The summed E-state index contributed by atoms with van der Waals surface area (Å²) < 4.78 is 18.5. The molecule has 0 aliphatic carbocycles. The van der Waals surface area contributed by atoms with Crippen LogP contribution in [-0.4, -0.2) is 12.6 Å². The molecule has 0 heterocycles. The SMILES string of the molecule is CCOC(=O)Cc1cc(C#N)cc(CCl)c1F. The third kappa shape index (κ3) is 3.43. The zero-order chi connectivity index (χ0) is 12.8. The van der Waals surface area contributed by atoms with Gasteiger partial charge in [-0.3, -0.25) is 4.79 Å². The highest BCUT2D eigenvalue weighted by atomic mass is 35.5. The lowest BCUT2D eigenvalue weighted by Gasteiger charge is -2.07. The number of hydrogen-bond donors (Lipinski definition) is 0. The first-order valence-electron chi connectivity index (χ1n) is 5.05. The molecule has 0 unspecified atom stereocenters. The first-order chi connectivity index (χ1) is 8.12. The maximum atomic E-state index is 13.8. The molecule has 0 spiro atoms. The number of rotatable bonds is 4. The molecular formula is C12H11ClFNO2. The molecule has 0 amide bonds. The molecule has 0 aliphatic heterocycles. The van der Waals surface area contributed by atoms with Crippen molar-refractivity contribution in [2.75, 3.05) is 6.61 Å². The second-order valence-corrected chi connectivity index (χ2v) is 3.60. The predicted octanol–water partition coefficient (Wildman–Crippen LogP) is 2.54. The van der Waals surface area contributed by atoms with E-state index in [1.165, 1.54) is 12.1 Å². The number of ether oxygens (including phenoxy) is 1. The molecule has 3 nitrogen and oxygen atoms in total. The molecule has 0 saturated carbocycles. The van der Waals surface area contributed by atoms with Gasteiger partial charge in [0.25, 0.3) is 0 Å². The topological polar surface area (TPSA) is 50.1 Å². The van der Waals surface area contributed by atoms with Crippen LogP contribution in [0.5, 0.6) is 0 Å². The van der Waals surface area contributed by atoms with Crippen molar-refractivity contribution in [2.45, 2.75) is 19.2 Å². The maximum absolute atomic E-state index is 13.8. The average molecular weight is 256 g/mol. The Bertz CT molecular complexity index is 468. The molecule has 0 fully saturated rings. The van der Waals surface area contributed by atoms with E-state index in [-0.39, 0.29) is 35.6 Å². The summed E-state index contributed by atoms with van der Waals surface area (Å²) in [6, 6.07) is 4.60. The quantitative estimate of drug-likeness (QED) is 0.614. The third-order valence-corrected chi connectivity index (χ3v) is 2.42. The average Bonchev–Trinajstić information content (AvgIpc) is 2.32. The minimum Gasteiger partial charge on any atom is -0.466 e. The van der Waals surface area contributed by atoms with Crippen molar-refractivity contribution in [3.8, 4) is 6.07 Å². The molecule has 0 aliphatic rings. The molecule has 0 atom stereocenters. The summed E-state index contributed by atoms with van der Waals surface area (Å²) in [4.78, 5) is 11.3. The number of benzene rings is 1. The summed E-state index contributed by atoms with van der Waals surface area (Å²) in [5, 5.41) is 8.78. The lowest BCUT2D eigenvalue weighted by atomic mass is 10.0. The summed E-state index contributed by atoms with van der Waals surface area (Å²) in [5.41, 5.74) is 0.629. The van der Waals surface area contributed by atoms with Crippen LogP contribution in [0.3, 0.4) is 0 Å². The van der Waals surface area contributed by atoms with Gasteiger partial charge in [-0.15, -0.1) is 11.6 Å². The van der Waals surface area contributed by atoms with Crippen molar-refractivity contribution in [3.63, 3.8) is 0 Å². The summed E-state index contributed by atoms with van der Waals surface area (Å²) in [6.45, 7) is 1.91. The molecular weight excluding hydrogens is 245 g/mol. The lowest BCUT2D eigenvalue weighted by Crippen LogP contribution is -2.10. The normalized spacial score (nSPS) is 9.76. The van der Waals surface area contributed by atoms with Crippen LogP contribution < -0.4 is 0 Å². The van der Waals surface area contributed by atoms with Gasteiger partial charge in [0.15, 0.2) is 0 Å². The van der Waals surface area contributed by atoms with Gasteiger partial charge in [-0.2, -0.15) is 5.26 Å². The number of alkyl halides is 1. The van der Waals surface area contributed by atoms with E-state index in [4.69, 9.17) is 21.6 Å².